The van der Waals surface area contributed by atoms with E-state index >= 15 is 0 Å². The van der Waals surface area contributed by atoms with E-state index in [9.17, 15) is 18.7 Å². The number of carboxylic acid groups (broad SMARTS) is 1. The van der Waals surface area contributed by atoms with Crippen molar-refractivity contribution in [2.45, 2.75) is 64.2 Å². The van der Waals surface area contributed by atoms with Crippen molar-refractivity contribution in [3.05, 3.63) is 83.4 Å². The van der Waals surface area contributed by atoms with Crippen LogP contribution in [0.25, 0.3) is 11.1 Å². The minimum Gasteiger partial charge on any atom is -0.481 e. The van der Waals surface area contributed by atoms with E-state index in [0.29, 0.717) is 25.9 Å². The maximum atomic E-state index is 12.5. The van der Waals surface area contributed by atoms with Crippen molar-refractivity contribution in [3.63, 3.8) is 0 Å². The van der Waals surface area contributed by atoms with E-state index in [-0.39, 0.29) is 6.61 Å². The number of hydrogen-bond donors (Lipinski definition) is 1. The van der Waals surface area contributed by atoms with E-state index in [4.69, 9.17) is 9.72 Å². The van der Waals surface area contributed by atoms with E-state index in [2.05, 4.69) is 22.0 Å². The molecule has 1 aliphatic carbocycles. The zero-order valence-corrected chi connectivity index (χ0v) is 23.7. The summed E-state index contributed by atoms with van der Waals surface area (Å²) in [5.41, 5.74) is 6.53. The molecule has 1 N–H and O–H groups in total. The molecule has 220 valence electrons. The second-order valence-electron chi connectivity index (χ2n) is 10.8. The van der Waals surface area contributed by atoms with E-state index in [1.165, 1.54) is 24.1 Å². The molecule has 0 aliphatic heterocycles. The summed E-state index contributed by atoms with van der Waals surface area (Å²) < 4.78 is 30.2. The molecule has 0 saturated heterocycles. The number of alkyl halides is 2. The highest BCUT2D eigenvalue weighted by Gasteiger charge is 2.20. The standard InChI is InChI=1S/C33H41F2N3O3/c34-32(35)24-41-21-20-38(18-7-6-11-29-15-13-26-10-4-5-12-31(26)37-29)19-17-27(33(39)40)22-30-16-14-28(23-36-30)25-8-2-1-3-9-25/h1-3,8-9,13-16,23,27,32H,4-7,10-12,17-22,24H2,(H,39,40)/t27-/m1/s1. The van der Waals surface area contributed by atoms with Gasteiger partial charge in [-0.15, -0.1) is 0 Å². The van der Waals surface area contributed by atoms with Crippen LogP contribution >= 0.6 is 0 Å². The molecule has 0 radical (unpaired) electrons. The Morgan fingerprint density at radius 2 is 1.73 bits per heavy atom. The lowest BCUT2D eigenvalue weighted by Crippen LogP contribution is -2.33. The molecule has 0 fully saturated rings. The van der Waals surface area contributed by atoms with Gasteiger partial charge in [-0.25, -0.2) is 8.78 Å². The molecule has 2 heterocycles. The molecule has 0 bridgehead atoms. The Bertz CT molecular complexity index is 1210. The number of aryl methyl sites for hydroxylation is 3. The Balaban J connectivity index is 1.28. The quantitative estimate of drug-likeness (QED) is 0.195. The van der Waals surface area contributed by atoms with Crippen molar-refractivity contribution >= 4 is 5.97 Å². The molecular weight excluding hydrogens is 524 g/mol. The summed E-state index contributed by atoms with van der Waals surface area (Å²) in [4.78, 5) is 23.6. The predicted octanol–water partition coefficient (Wildman–Crippen LogP) is 6.26. The smallest absolute Gasteiger partial charge is 0.306 e. The van der Waals surface area contributed by atoms with Crippen molar-refractivity contribution in [1.29, 1.82) is 0 Å². The first-order chi connectivity index (χ1) is 20.0. The van der Waals surface area contributed by atoms with Crippen molar-refractivity contribution in [3.8, 4) is 11.1 Å². The first kappa shape index (κ1) is 30.7. The third-order valence-electron chi connectivity index (χ3n) is 7.72. The van der Waals surface area contributed by atoms with Crippen LogP contribution in [0.1, 0.15) is 54.7 Å². The van der Waals surface area contributed by atoms with Gasteiger partial charge in [0.1, 0.15) is 6.61 Å². The van der Waals surface area contributed by atoms with E-state index in [1.807, 2.05) is 42.5 Å². The van der Waals surface area contributed by atoms with Crippen LogP contribution in [0.3, 0.4) is 0 Å². The van der Waals surface area contributed by atoms with Crippen LogP contribution in [-0.4, -0.2) is 65.2 Å². The molecule has 41 heavy (non-hydrogen) atoms. The Hall–Kier alpha value is -3.23. The van der Waals surface area contributed by atoms with Gasteiger partial charge in [0.2, 0.25) is 0 Å². The molecule has 1 aromatic carbocycles. The maximum absolute atomic E-state index is 12.5. The lowest BCUT2D eigenvalue weighted by molar-refractivity contribution is -0.142. The van der Waals surface area contributed by atoms with Crippen LogP contribution in [0.15, 0.2) is 60.8 Å². The van der Waals surface area contributed by atoms with Gasteiger partial charge in [0.25, 0.3) is 6.43 Å². The van der Waals surface area contributed by atoms with Gasteiger partial charge in [0, 0.05) is 41.8 Å². The third-order valence-corrected chi connectivity index (χ3v) is 7.72. The largest absolute Gasteiger partial charge is 0.481 e. The summed E-state index contributed by atoms with van der Waals surface area (Å²) in [6, 6.07) is 18.2. The normalized spacial score (nSPS) is 13.9. The summed E-state index contributed by atoms with van der Waals surface area (Å²) >= 11 is 0. The number of hydrogen-bond acceptors (Lipinski definition) is 5. The van der Waals surface area contributed by atoms with Gasteiger partial charge in [-0.1, -0.05) is 42.5 Å². The molecule has 1 aliphatic rings. The number of unbranched alkanes of at least 4 members (excludes halogenated alkanes) is 1. The molecule has 4 rings (SSSR count). The van der Waals surface area contributed by atoms with E-state index < -0.39 is 24.9 Å². The molecule has 3 aromatic rings. The minimum absolute atomic E-state index is 0.191. The monoisotopic (exact) mass is 565 g/mol. The summed E-state index contributed by atoms with van der Waals surface area (Å²) in [6.07, 6.45) is 7.47. The highest BCUT2D eigenvalue weighted by atomic mass is 19.3. The number of benzene rings is 1. The number of carbonyl (C=O) groups is 1. The van der Waals surface area contributed by atoms with Gasteiger partial charge in [-0.05, 0) is 87.7 Å². The molecular formula is C33H41F2N3O3. The highest BCUT2D eigenvalue weighted by Crippen LogP contribution is 2.21. The van der Waals surface area contributed by atoms with Crippen molar-refractivity contribution in [2.75, 3.05) is 32.8 Å². The lowest BCUT2D eigenvalue weighted by Gasteiger charge is -2.24. The first-order valence-electron chi connectivity index (χ1n) is 14.8. The van der Waals surface area contributed by atoms with Gasteiger partial charge in [0.05, 0.1) is 12.5 Å². The van der Waals surface area contributed by atoms with Gasteiger partial charge in [0.15, 0.2) is 0 Å². The number of halogens is 2. The maximum Gasteiger partial charge on any atom is 0.306 e. The molecule has 0 unspecified atom stereocenters. The minimum atomic E-state index is -2.50. The Labute approximate surface area is 241 Å². The van der Waals surface area contributed by atoms with Crippen LogP contribution in [-0.2, 0) is 35.2 Å². The summed E-state index contributed by atoms with van der Waals surface area (Å²) in [5, 5.41) is 9.92. The fourth-order valence-electron chi connectivity index (χ4n) is 5.36. The third kappa shape index (κ3) is 10.3. The van der Waals surface area contributed by atoms with Gasteiger partial charge >= 0.3 is 5.97 Å². The fraction of sp³-hybridized carbons (Fsp3) is 0.485. The Morgan fingerprint density at radius 3 is 2.49 bits per heavy atom. The number of pyridine rings is 2. The number of aliphatic carboxylic acids is 1. The number of fused-ring (bicyclic) bond motifs is 1. The number of carboxylic acids is 1. The fourth-order valence-corrected chi connectivity index (χ4v) is 5.36. The topological polar surface area (TPSA) is 75.5 Å². The molecule has 8 heteroatoms. The zero-order valence-electron chi connectivity index (χ0n) is 23.7. The predicted molar refractivity (Wildman–Crippen MR) is 156 cm³/mol. The van der Waals surface area contributed by atoms with Crippen LogP contribution in [0.5, 0.6) is 0 Å². The average molecular weight is 566 g/mol. The SMILES string of the molecule is O=C(O)[C@H](CCN(CCCCc1ccc2c(n1)CCCC2)CCOCC(F)F)Cc1ccc(-c2ccccc2)cn1. The Morgan fingerprint density at radius 1 is 0.927 bits per heavy atom. The molecule has 6 nitrogen and oxygen atoms in total. The molecule has 0 spiro atoms. The number of ether oxygens (including phenoxy) is 1. The van der Waals surface area contributed by atoms with Crippen molar-refractivity contribution < 1.29 is 23.4 Å². The highest BCUT2D eigenvalue weighted by molar-refractivity contribution is 5.70. The van der Waals surface area contributed by atoms with Crippen LogP contribution < -0.4 is 0 Å². The van der Waals surface area contributed by atoms with Crippen LogP contribution in [0.2, 0.25) is 0 Å². The second kappa shape index (κ2) is 16.3. The van der Waals surface area contributed by atoms with Gasteiger partial charge in [-0.2, -0.15) is 0 Å². The van der Waals surface area contributed by atoms with Gasteiger partial charge < -0.3 is 14.7 Å². The summed E-state index contributed by atoms with van der Waals surface area (Å²) in [5.74, 6) is -1.44. The molecule has 1 atom stereocenters. The molecule has 2 aromatic heterocycles. The van der Waals surface area contributed by atoms with Crippen LogP contribution in [0, 0.1) is 5.92 Å². The van der Waals surface area contributed by atoms with E-state index in [0.717, 1.165) is 61.2 Å². The van der Waals surface area contributed by atoms with Gasteiger partial charge in [-0.3, -0.25) is 14.8 Å². The first-order valence-corrected chi connectivity index (χ1v) is 14.8. The van der Waals surface area contributed by atoms with Crippen molar-refractivity contribution in [1.82, 2.24) is 14.9 Å². The van der Waals surface area contributed by atoms with E-state index in [1.54, 1.807) is 6.20 Å². The molecule has 0 saturated carbocycles. The number of aromatic nitrogens is 2. The molecule has 0 amide bonds. The second-order valence-corrected chi connectivity index (χ2v) is 10.8. The van der Waals surface area contributed by atoms with Crippen molar-refractivity contribution in [2.24, 2.45) is 5.92 Å². The average Bonchev–Trinajstić information content (AvgIpc) is 2.99. The Kier molecular flexibility index (Phi) is 12.2. The summed E-state index contributed by atoms with van der Waals surface area (Å²) in [6.45, 7) is 1.39. The zero-order chi connectivity index (χ0) is 28.9. The number of rotatable bonds is 17. The lowest BCUT2D eigenvalue weighted by atomic mass is 9.95. The summed E-state index contributed by atoms with van der Waals surface area (Å²) in [7, 11) is 0. The number of nitrogens with zero attached hydrogens (tertiary/aromatic N) is 3. The van der Waals surface area contributed by atoms with Crippen LogP contribution in [0.4, 0.5) is 8.78 Å².